The first-order valence-corrected chi connectivity index (χ1v) is 5.84. The monoisotopic (exact) mass is 256 g/mol. The second kappa shape index (κ2) is 4.24. The smallest absolute Gasteiger partial charge is 0.254 e. The number of nitrogens with zero attached hydrogens (tertiary/aromatic N) is 4. The van der Waals surface area contributed by atoms with E-state index in [4.69, 9.17) is 0 Å². The number of rotatable bonds is 2. The van der Waals surface area contributed by atoms with Crippen molar-refractivity contribution in [1.29, 1.82) is 0 Å². The quantitative estimate of drug-likeness (QED) is 0.741. The fraction of sp³-hybridized carbons (Fsp3) is 0.154. The predicted octanol–water partition coefficient (Wildman–Crippen LogP) is 0.953. The zero-order chi connectivity index (χ0) is 13.4. The highest BCUT2D eigenvalue weighted by molar-refractivity contribution is 5.37. The van der Waals surface area contributed by atoms with E-state index in [-0.39, 0.29) is 11.3 Å². The van der Waals surface area contributed by atoms with Crippen LogP contribution in [0.3, 0.4) is 0 Å². The van der Waals surface area contributed by atoms with E-state index in [0.717, 1.165) is 5.65 Å². The van der Waals surface area contributed by atoms with Crippen molar-refractivity contribution in [2.24, 2.45) is 0 Å². The van der Waals surface area contributed by atoms with Crippen LogP contribution >= 0.6 is 0 Å². The molecule has 1 N–H and O–H groups in total. The largest absolute Gasteiger partial charge is 0.508 e. The van der Waals surface area contributed by atoms with Crippen LogP contribution in [0.15, 0.2) is 41.3 Å². The van der Waals surface area contributed by atoms with Gasteiger partial charge in [-0.2, -0.15) is 0 Å². The molecule has 3 heterocycles. The van der Waals surface area contributed by atoms with Gasteiger partial charge in [-0.1, -0.05) is 6.07 Å². The lowest BCUT2D eigenvalue weighted by molar-refractivity contribution is 0.469. The van der Waals surface area contributed by atoms with Gasteiger partial charge in [0.1, 0.15) is 5.75 Å². The van der Waals surface area contributed by atoms with E-state index in [1.807, 2.05) is 28.8 Å². The summed E-state index contributed by atoms with van der Waals surface area (Å²) in [5.41, 5.74) is 1.16. The summed E-state index contributed by atoms with van der Waals surface area (Å²) in [5.74, 6) is 0.649. The Labute approximate surface area is 108 Å². The van der Waals surface area contributed by atoms with Gasteiger partial charge in [0.15, 0.2) is 11.5 Å². The lowest BCUT2D eigenvalue weighted by atomic mass is 10.3. The van der Waals surface area contributed by atoms with Gasteiger partial charge < -0.3 is 9.67 Å². The Kier molecular flexibility index (Phi) is 2.56. The first-order chi connectivity index (χ1) is 9.15. The average molecular weight is 256 g/mol. The zero-order valence-corrected chi connectivity index (χ0v) is 10.3. The third-order valence-electron chi connectivity index (χ3n) is 3.00. The van der Waals surface area contributed by atoms with Crippen molar-refractivity contribution in [3.8, 4) is 5.75 Å². The molecule has 6 heteroatoms. The molecule has 0 amide bonds. The summed E-state index contributed by atoms with van der Waals surface area (Å²) >= 11 is 0. The van der Waals surface area contributed by atoms with Crippen LogP contribution in [0, 0.1) is 6.92 Å². The summed E-state index contributed by atoms with van der Waals surface area (Å²) in [7, 11) is 0. The molecule has 0 aliphatic rings. The van der Waals surface area contributed by atoms with Gasteiger partial charge >= 0.3 is 0 Å². The fourth-order valence-electron chi connectivity index (χ4n) is 2.05. The van der Waals surface area contributed by atoms with Gasteiger partial charge in [0.2, 0.25) is 0 Å². The van der Waals surface area contributed by atoms with Crippen molar-refractivity contribution in [1.82, 2.24) is 19.2 Å². The van der Waals surface area contributed by atoms with Crippen LogP contribution in [0.2, 0.25) is 0 Å². The Morgan fingerprint density at radius 3 is 2.89 bits per heavy atom. The van der Waals surface area contributed by atoms with E-state index < -0.39 is 0 Å². The summed E-state index contributed by atoms with van der Waals surface area (Å²) in [6.45, 7) is 2.08. The Morgan fingerprint density at radius 2 is 2.11 bits per heavy atom. The first-order valence-electron chi connectivity index (χ1n) is 5.84. The van der Waals surface area contributed by atoms with Gasteiger partial charge in [-0.05, 0) is 25.1 Å². The van der Waals surface area contributed by atoms with Crippen molar-refractivity contribution in [3.05, 3.63) is 58.4 Å². The molecule has 0 saturated carbocycles. The summed E-state index contributed by atoms with van der Waals surface area (Å²) in [5, 5.41) is 17.5. The molecule has 0 radical (unpaired) electrons. The van der Waals surface area contributed by atoms with Crippen molar-refractivity contribution >= 4 is 5.65 Å². The second-order valence-electron chi connectivity index (χ2n) is 4.32. The molecule has 0 spiro atoms. The highest BCUT2D eigenvalue weighted by atomic mass is 16.3. The third kappa shape index (κ3) is 1.97. The van der Waals surface area contributed by atoms with E-state index in [9.17, 15) is 9.90 Å². The SMILES string of the molecule is Cc1cc(O)cc(=O)n1Cc1nnc2ccccn12. The van der Waals surface area contributed by atoms with Gasteiger partial charge in [0.25, 0.3) is 5.56 Å². The van der Waals surface area contributed by atoms with Gasteiger partial charge in [0.05, 0.1) is 6.54 Å². The van der Waals surface area contributed by atoms with Crippen molar-refractivity contribution in [2.45, 2.75) is 13.5 Å². The molecule has 19 heavy (non-hydrogen) atoms. The number of aryl methyl sites for hydroxylation is 1. The van der Waals surface area contributed by atoms with Gasteiger partial charge in [-0.25, -0.2) is 0 Å². The topological polar surface area (TPSA) is 72.4 Å². The summed E-state index contributed by atoms with van der Waals surface area (Å²) in [6.07, 6.45) is 1.85. The Balaban J connectivity index is 2.09. The molecule has 96 valence electrons. The molecule has 6 nitrogen and oxygen atoms in total. The van der Waals surface area contributed by atoms with Gasteiger partial charge in [0, 0.05) is 18.0 Å². The Hall–Kier alpha value is -2.63. The van der Waals surface area contributed by atoms with Crippen LogP contribution in [-0.2, 0) is 6.54 Å². The predicted molar refractivity (Wildman–Crippen MR) is 69.2 cm³/mol. The van der Waals surface area contributed by atoms with E-state index in [0.29, 0.717) is 18.1 Å². The van der Waals surface area contributed by atoms with Crippen LogP contribution in [0.4, 0.5) is 0 Å². The van der Waals surface area contributed by atoms with E-state index in [2.05, 4.69) is 10.2 Å². The minimum absolute atomic E-state index is 0.0233. The van der Waals surface area contributed by atoms with Crippen molar-refractivity contribution < 1.29 is 5.11 Å². The van der Waals surface area contributed by atoms with Crippen LogP contribution < -0.4 is 5.56 Å². The number of pyridine rings is 2. The number of aromatic nitrogens is 4. The van der Waals surface area contributed by atoms with E-state index >= 15 is 0 Å². The molecule has 0 saturated heterocycles. The van der Waals surface area contributed by atoms with Gasteiger partial charge in [-0.15, -0.1) is 10.2 Å². The Morgan fingerprint density at radius 1 is 1.26 bits per heavy atom. The highest BCUT2D eigenvalue weighted by Crippen LogP contribution is 2.09. The third-order valence-corrected chi connectivity index (χ3v) is 3.00. The molecule has 3 rings (SSSR count). The molecule has 0 atom stereocenters. The van der Waals surface area contributed by atoms with E-state index in [1.165, 1.54) is 6.07 Å². The number of hydrogen-bond donors (Lipinski definition) is 1. The molecular formula is C13H12N4O2. The maximum Gasteiger partial charge on any atom is 0.254 e. The molecule has 0 fully saturated rings. The number of fused-ring (bicyclic) bond motifs is 1. The van der Waals surface area contributed by atoms with Gasteiger partial charge in [-0.3, -0.25) is 9.20 Å². The Bertz CT molecular complexity index is 804. The summed E-state index contributed by atoms with van der Waals surface area (Å²) < 4.78 is 3.38. The molecule has 3 aromatic heterocycles. The first kappa shape index (κ1) is 11.5. The molecule has 0 aliphatic carbocycles. The molecule has 0 unspecified atom stereocenters. The van der Waals surface area contributed by atoms with Crippen LogP contribution in [-0.4, -0.2) is 24.3 Å². The van der Waals surface area contributed by atoms with Crippen molar-refractivity contribution in [2.75, 3.05) is 0 Å². The standard InChI is InChI=1S/C13H12N4O2/c1-9-6-10(18)7-13(19)17(9)8-12-15-14-11-4-2-3-5-16(11)12/h2-7,18H,8H2,1H3. The van der Waals surface area contributed by atoms with Crippen molar-refractivity contribution in [3.63, 3.8) is 0 Å². The van der Waals surface area contributed by atoms with Crippen LogP contribution in [0.5, 0.6) is 5.75 Å². The molecule has 0 bridgehead atoms. The molecule has 3 aromatic rings. The zero-order valence-electron chi connectivity index (χ0n) is 10.3. The van der Waals surface area contributed by atoms with Crippen LogP contribution in [0.1, 0.15) is 11.5 Å². The van der Waals surface area contributed by atoms with Crippen LogP contribution in [0.25, 0.3) is 5.65 Å². The highest BCUT2D eigenvalue weighted by Gasteiger charge is 2.09. The maximum atomic E-state index is 11.9. The summed E-state index contributed by atoms with van der Waals surface area (Å²) in [4.78, 5) is 11.9. The average Bonchev–Trinajstić information content (AvgIpc) is 2.77. The lowest BCUT2D eigenvalue weighted by Gasteiger charge is -2.08. The second-order valence-corrected chi connectivity index (χ2v) is 4.32. The maximum absolute atomic E-state index is 11.9. The molecular weight excluding hydrogens is 244 g/mol. The molecule has 0 aliphatic heterocycles. The minimum atomic E-state index is -0.259. The normalized spacial score (nSPS) is 11.0. The van der Waals surface area contributed by atoms with E-state index in [1.54, 1.807) is 17.6 Å². The number of aromatic hydroxyl groups is 1. The lowest BCUT2D eigenvalue weighted by Crippen LogP contribution is -2.22. The summed E-state index contributed by atoms with van der Waals surface area (Å²) in [6, 6.07) is 8.35. The number of hydrogen-bond acceptors (Lipinski definition) is 4. The fourth-order valence-corrected chi connectivity index (χ4v) is 2.05. The molecule has 0 aromatic carbocycles. The minimum Gasteiger partial charge on any atom is -0.508 e.